The molecule has 0 spiro atoms. The molecule has 0 aromatic carbocycles. The Kier molecular flexibility index (Phi) is 28.1. The molecule has 0 saturated heterocycles. The highest BCUT2D eigenvalue weighted by atomic mass is 16.5. The van der Waals surface area contributed by atoms with E-state index in [9.17, 15) is 14.4 Å². The van der Waals surface area contributed by atoms with Gasteiger partial charge in [0, 0.05) is 12.2 Å². The molecule has 1 aliphatic rings. The Morgan fingerprint density at radius 3 is 1.06 bits per heavy atom. The Labute approximate surface area is 291 Å². The lowest BCUT2D eigenvalue weighted by molar-refractivity contribution is -0.152. The van der Waals surface area contributed by atoms with Crippen molar-refractivity contribution in [2.75, 3.05) is 13.2 Å². The highest BCUT2D eigenvalue weighted by Crippen LogP contribution is 2.21. The van der Waals surface area contributed by atoms with Crippen molar-refractivity contribution in [1.29, 1.82) is 0 Å². The summed E-state index contributed by atoms with van der Waals surface area (Å²) in [6.45, 7) is 9.40. The van der Waals surface area contributed by atoms with Gasteiger partial charge in [-0.2, -0.15) is 0 Å². The smallest absolute Gasteiger partial charge is 0.326 e. The molecule has 0 aromatic heterocycles. The number of unbranched alkanes of at least 4 members (excludes halogenated alkanes) is 22. The second-order valence-electron chi connectivity index (χ2n) is 15.6. The third-order valence-corrected chi connectivity index (χ3v) is 9.96. The molecule has 0 saturated carbocycles. The average molecular weight is 660 g/mol. The quantitative estimate of drug-likeness (QED) is 0.0392. The SMILES string of the molecule is CC(C)CCCCCCCCCCCCCCC(CCCCCCCCCCCCCCC(C)C)COC(=O)CN1C(=O)C=CC1=O. The first-order valence-electron chi connectivity index (χ1n) is 20.5. The topological polar surface area (TPSA) is 63.7 Å². The zero-order valence-electron chi connectivity index (χ0n) is 31.7. The minimum absolute atomic E-state index is 0.284. The molecule has 0 aliphatic carbocycles. The van der Waals surface area contributed by atoms with Crippen molar-refractivity contribution >= 4 is 17.8 Å². The van der Waals surface area contributed by atoms with Crippen molar-refractivity contribution in [3.63, 3.8) is 0 Å². The van der Waals surface area contributed by atoms with Gasteiger partial charge in [0.15, 0.2) is 0 Å². The summed E-state index contributed by atoms with van der Waals surface area (Å²) in [4.78, 5) is 37.0. The second-order valence-corrected chi connectivity index (χ2v) is 15.6. The zero-order valence-corrected chi connectivity index (χ0v) is 31.7. The third-order valence-electron chi connectivity index (χ3n) is 9.96. The van der Waals surface area contributed by atoms with Crippen LogP contribution in [-0.2, 0) is 19.1 Å². The van der Waals surface area contributed by atoms with Gasteiger partial charge in [0.2, 0.25) is 0 Å². The molecule has 0 N–H and O–H groups in total. The molecule has 2 amide bonds. The van der Waals surface area contributed by atoms with E-state index in [4.69, 9.17) is 4.74 Å². The summed E-state index contributed by atoms with van der Waals surface area (Å²) in [6.07, 6.45) is 39.8. The molecule has 47 heavy (non-hydrogen) atoms. The average Bonchev–Trinajstić information content (AvgIpc) is 3.35. The number of carbonyl (C=O) groups excluding carboxylic acids is 3. The molecule has 0 aromatic rings. The van der Waals surface area contributed by atoms with Gasteiger partial charge in [-0.3, -0.25) is 19.3 Å². The molecule has 274 valence electrons. The maximum Gasteiger partial charge on any atom is 0.326 e. The van der Waals surface area contributed by atoms with Gasteiger partial charge in [-0.25, -0.2) is 0 Å². The van der Waals surface area contributed by atoms with E-state index >= 15 is 0 Å². The fourth-order valence-corrected chi connectivity index (χ4v) is 6.79. The van der Waals surface area contributed by atoms with E-state index in [2.05, 4.69) is 27.7 Å². The van der Waals surface area contributed by atoms with Gasteiger partial charge in [-0.15, -0.1) is 0 Å². The fourth-order valence-electron chi connectivity index (χ4n) is 6.79. The standard InChI is InChI=1S/C42H77NO4/c1-37(2)29-25-21-17-13-9-5-7-11-15-19-23-27-31-39(36-47-42(46)35-43-40(44)33-34-41(43)45)32-28-24-20-16-12-8-6-10-14-18-22-26-30-38(3)4/h33-34,37-39H,5-32,35-36H2,1-4H3. The number of imide groups is 1. The van der Waals surface area contributed by atoms with E-state index in [1.807, 2.05) is 0 Å². The largest absolute Gasteiger partial charge is 0.464 e. The molecule has 0 unspecified atom stereocenters. The molecule has 0 atom stereocenters. The second kappa shape index (κ2) is 30.4. The number of nitrogens with zero attached hydrogens (tertiary/aromatic N) is 1. The molecule has 5 heteroatoms. The van der Waals surface area contributed by atoms with Crippen molar-refractivity contribution in [3.05, 3.63) is 12.2 Å². The van der Waals surface area contributed by atoms with Crippen LogP contribution in [0.2, 0.25) is 0 Å². The molecule has 5 nitrogen and oxygen atoms in total. The third kappa shape index (κ3) is 26.9. The van der Waals surface area contributed by atoms with Crippen LogP contribution in [0.3, 0.4) is 0 Å². The van der Waals surface area contributed by atoms with Gasteiger partial charge in [-0.05, 0) is 30.6 Å². The van der Waals surface area contributed by atoms with E-state index in [1.54, 1.807) is 0 Å². The number of ether oxygens (including phenoxy) is 1. The molecule has 1 aliphatic heterocycles. The maximum atomic E-state index is 12.4. The van der Waals surface area contributed by atoms with Crippen molar-refractivity contribution in [2.45, 2.75) is 207 Å². The lowest BCUT2D eigenvalue weighted by Gasteiger charge is -2.18. The van der Waals surface area contributed by atoms with Crippen LogP contribution >= 0.6 is 0 Å². The Bertz CT molecular complexity index is 750. The van der Waals surface area contributed by atoms with Crippen molar-refractivity contribution < 1.29 is 19.1 Å². The monoisotopic (exact) mass is 660 g/mol. The first kappa shape index (κ1) is 43.4. The Morgan fingerprint density at radius 2 is 0.766 bits per heavy atom. The van der Waals surface area contributed by atoms with Crippen LogP contribution < -0.4 is 0 Å². The summed E-state index contributed by atoms with van der Waals surface area (Å²) in [6, 6.07) is 0. The van der Waals surface area contributed by atoms with Gasteiger partial charge in [-0.1, -0.05) is 195 Å². The summed E-state index contributed by atoms with van der Waals surface area (Å²) in [5.74, 6) is 0.714. The molecule has 1 heterocycles. The van der Waals surface area contributed by atoms with Crippen LogP contribution in [0.25, 0.3) is 0 Å². The first-order chi connectivity index (χ1) is 22.8. The number of rotatable bonds is 34. The van der Waals surface area contributed by atoms with E-state index in [0.29, 0.717) is 12.5 Å². The van der Waals surface area contributed by atoms with Crippen LogP contribution in [-0.4, -0.2) is 35.8 Å². The van der Waals surface area contributed by atoms with E-state index in [1.165, 1.54) is 179 Å². The summed E-state index contributed by atoms with van der Waals surface area (Å²) in [5, 5.41) is 0. The van der Waals surface area contributed by atoms with E-state index < -0.39 is 17.8 Å². The summed E-state index contributed by atoms with van der Waals surface area (Å²) in [7, 11) is 0. The lowest BCUT2D eigenvalue weighted by Crippen LogP contribution is -2.36. The van der Waals surface area contributed by atoms with Gasteiger partial charge >= 0.3 is 5.97 Å². The van der Waals surface area contributed by atoms with E-state index in [-0.39, 0.29) is 6.54 Å². The lowest BCUT2D eigenvalue weighted by atomic mass is 9.94. The molecular formula is C42H77NO4. The normalized spacial score (nSPS) is 13.3. The number of hydrogen-bond donors (Lipinski definition) is 0. The predicted molar refractivity (Wildman–Crippen MR) is 199 cm³/mol. The van der Waals surface area contributed by atoms with Crippen LogP contribution in [0.4, 0.5) is 0 Å². The fraction of sp³-hybridized carbons (Fsp3) is 0.881. The maximum absolute atomic E-state index is 12.4. The molecule has 0 radical (unpaired) electrons. The summed E-state index contributed by atoms with van der Waals surface area (Å²) < 4.78 is 5.60. The van der Waals surface area contributed by atoms with E-state index in [0.717, 1.165) is 29.6 Å². The van der Waals surface area contributed by atoms with Gasteiger partial charge in [0.1, 0.15) is 6.54 Å². The van der Waals surface area contributed by atoms with Crippen LogP contribution in [0.15, 0.2) is 12.2 Å². The minimum atomic E-state index is -0.480. The molecule has 0 fully saturated rings. The van der Waals surface area contributed by atoms with Crippen molar-refractivity contribution in [1.82, 2.24) is 4.90 Å². The van der Waals surface area contributed by atoms with Crippen molar-refractivity contribution in [2.24, 2.45) is 17.8 Å². The number of esters is 1. The Morgan fingerprint density at radius 1 is 0.489 bits per heavy atom. The molecular weight excluding hydrogens is 582 g/mol. The zero-order chi connectivity index (χ0) is 34.4. The number of carbonyl (C=O) groups is 3. The minimum Gasteiger partial charge on any atom is -0.464 e. The van der Waals surface area contributed by atoms with Crippen LogP contribution in [0.5, 0.6) is 0 Å². The summed E-state index contributed by atoms with van der Waals surface area (Å²) >= 11 is 0. The Hall–Kier alpha value is -1.65. The highest BCUT2D eigenvalue weighted by Gasteiger charge is 2.26. The Balaban J connectivity index is 2.16. The van der Waals surface area contributed by atoms with Gasteiger partial charge < -0.3 is 4.74 Å². The van der Waals surface area contributed by atoms with Crippen LogP contribution in [0, 0.1) is 17.8 Å². The van der Waals surface area contributed by atoms with Gasteiger partial charge in [0.05, 0.1) is 6.61 Å². The number of amides is 2. The predicted octanol–water partition coefficient (Wildman–Crippen LogP) is 12.3. The van der Waals surface area contributed by atoms with Crippen molar-refractivity contribution in [3.8, 4) is 0 Å². The highest BCUT2D eigenvalue weighted by molar-refractivity contribution is 6.14. The summed E-state index contributed by atoms with van der Waals surface area (Å²) in [5.41, 5.74) is 0. The van der Waals surface area contributed by atoms with Gasteiger partial charge in [0.25, 0.3) is 11.8 Å². The number of hydrogen-bond acceptors (Lipinski definition) is 4. The first-order valence-corrected chi connectivity index (χ1v) is 20.5. The molecule has 0 bridgehead atoms. The molecule has 1 rings (SSSR count). The van der Waals surface area contributed by atoms with Crippen LogP contribution in [0.1, 0.15) is 207 Å².